The lowest BCUT2D eigenvalue weighted by Crippen LogP contribution is -2.42. The molecule has 1 amide bonds. The number of unbranched alkanes of at least 4 members (excludes halogenated alkanes) is 1. The fourth-order valence-electron chi connectivity index (χ4n) is 3.36. The van der Waals surface area contributed by atoms with Gasteiger partial charge in [0.2, 0.25) is 15.9 Å². The average Bonchev–Trinajstić information content (AvgIpc) is 2.73. The molecular formula is C22H28N2O4S. The number of nitrogens with zero attached hydrogens (tertiary/aromatic N) is 1. The largest absolute Gasteiger partial charge is 0.457 e. The van der Waals surface area contributed by atoms with Crippen molar-refractivity contribution in [3.63, 3.8) is 0 Å². The van der Waals surface area contributed by atoms with Gasteiger partial charge >= 0.3 is 0 Å². The van der Waals surface area contributed by atoms with E-state index in [2.05, 4.69) is 5.32 Å². The molecule has 0 aliphatic carbocycles. The molecule has 156 valence electrons. The number of anilines is 1. The minimum atomic E-state index is -3.20. The highest BCUT2D eigenvalue weighted by Gasteiger charge is 2.30. The monoisotopic (exact) mass is 416 g/mol. The van der Waals surface area contributed by atoms with Gasteiger partial charge in [0.15, 0.2) is 0 Å². The van der Waals surface area contributed by atoms with E-state index in [4.69, 9.17) is 4.74 Å². The maximum atomic E-state index is 12.6. The molecule has 0 spiro atoms. The third-order valence-electron chi connectivity index (χ3n) is 5.05. The zero-order valence-corrected chi connectivity index (χ0v) is 17.5. The molecule has 7 heteroatoms. The number of carbonyl (C=O) groups excluding carboxylic acids is 1. The Morgan fingerprint density at radius 3 is 2.45 bits per heavy atom. The summed E-state index contributed by atoms with van der Waals surface area (Å²) in [5.41, 5.74) is 0.668. The smallest absolute Gasteiger partial charge is 0.227 e. The Morgan fingerprint density at radius 1 is 1.07 bits per heavy atom. The minimum Gasteiger partial charge on any atom is -0.457 e. The van der Waals surface area contributed by atoms with Crippen molar-refractivity contribution in [3.05, 3.63) is 54.6 Å². The fourth-order valence-corrected chi connectivity index (χ4v) is 5.04. The van der Waals surface area contributed by atoms with Crippen LogP contribution in [-0.4, -0.2) is 37.5 Å². The number of para-hydroxylation sites is 1. The number of sulfonamides is 1. The highest BCUT2D eigenvalue weighted by Crippen LogP contribution is 2.26. The van der Waals surface area contributed by atoms with E-state index in [1.54, 1.807) is 6.07 Å². The fraction of sp³-hybridized carbons (Fsp3) is 0.409. The summed E-state index contributed by atoms with van der Waals surface area (Å²) in [5, 5.41) is 2.94. The summed E-state index contributed by atoms with van der Waals surface area (Å²) in [6, 6.07) is 16.7. The Morgan fingerprint density at radius 2 is 1.76 bits per heavy atom. The molecule has 29 heavy (non-hydrogen) atoms. The van der Waals surface area contributed by atoms with Gasteiger partial charge < -0.3 is 10.1 Å². The maximum absolute atomic E-state index is 12.6. The van der Waals surface area contributed by atoms with E-state index in [1.165, 1.54) is 4.31 Å². The second kappa shape index (κ2) is 9.89. The molecule has 1 heterocycles. The topological polar surface area (TPSA) is 75.7 Å². The maximum Gasteiger partial charge on any atom is 0.227 e. The summed E-state index contributed by atoms with van der Waals surface area (Å²) in [6.07, 6.45) is 2.60. The molecular weight excluding hydrogens is 388 g/mol. The van der Waals surface area contributed by atoms with Crippen LogP contribution in [0.5, 0.6) is 11.5 Å². The number of carbonyl (C=O) groups is 1. The van der Waals surface area contributed by atoms with Crippen molar-refractivity contribution in [1.82, 2.24) is 4.31 Å². The number of ether oxygens (including phenoxy) is 1. The van der Waals surface area contributed by atoms with Crippen LogP contribution >= 0.6 is 0 Å². The van der Waals surface area contributed by atoms with E-state index in [9.17, 15) is 13.2 Å². The zero-order valence-electron chi connectivity index (χ0n) is 16.7. The van der Waals surface area contributed by atoms with Gasteiger partial charge in [-0.15, -0.1) is 0 Å². The Bertz CT molecular complexity index is 907. The van der Waals surface area contributed by atoms with Gasteiger partial charge in [-0.2, -0.15) is 0 Å². The molecule has 2 aromatic rings. The number of nitrogens with one attached hydrogen (secondary N) is 1. The molecule has 2 aromatic carbocycles. The zero-order chi connectivity index (χ0) is 20.7. The van der Waals surface area contributed by atoms with Crippen LogP contribution in [0.15, 0.2) is 54.6 Å². The van der Waals surface area contributed by atoms with Crippen LogP contribution in [0.3, 0.4) is 0 Å². The average molecular weight is 417 g/mol. The number of amides is 1. The van der Waals surface area contributed by atoms with Gasteiger partial charge in [-0.05, 0) is 43.5 Å². The lowest BCUT2D eigenvalue weighted by atomic mass is 9.97. The molecule has 0 atom stereocenters. The third kappa shape index (κ3) is 6.05. The van der Waals surface area contributed by atoms with E-state index in [-0.39, 0.29) is 17.6 Å². The van der Waals surface area contributed by atoms with Crippen LogP contribution in [0.25, 0.3) is 0 Å². The lowest BCUT2D eigenvalue weighted by molar-refractivity contribution is -0.120. The third-order valence-corrected chi connectivity index (χ3v) is 7.01. The molecule has 1 fully saturated rings. The molecule has 0 aromatic heterocycles. The van der Waals surface area contributed by atoms with Crippen LogP contribution in [-0.2, 0) is 14.8 Å². The second-order valence-electron chi connectivity index (χ2n) is 7.28. The van der Waals surface area contributed by atoms with Gasteiger partial charge in [0.05, 0.1) is 5.75 Å². The van der Waals surface area contributed by atoms with Gasteiger partial charge in [-0.1, -0.05) is 37.6 Å². The highest BCUT2D eigenvalue weighted by atomic mass is 32.2. The Balaban J connectivity index is 1.54. The predicted octanol–water partition coefficient (Wildman–Crippen LogP) is 4.26. The van der Waals surface area contributed by atoms with E-state index in [1.807, 2.05) is 55.5 Å². The molecule has 0 saturated carbocycles. The van der Waals surface area contributed by atoms with Crippen molar-refractivity contribution in [2.45, 2.75) is 32.6 Å². The summed E-state index contributed by atoms with van der Waals surface area (Å²) in [7, 11) is -3.20. The first-order valence-electron chi connectivity index (χ1n) is 10.1. The molecule has 1 saturated heterocycles. The molecule has 1 aliphatic rings. The summed E-state index contributed by atoms with van der Waals surface area (Å²) < 4.78 is 32.0. The lowest BCUT2D eigenvalue weighted by Gasteiger charge is -2.30. The quantitative estimate of drug-likeness (QED) is 0.698. The summed E-state index contributed by atoms with van der Waals surface area (Å²) in [6.45, 7) is 2.79. The van der Waals surface area contributed by atoms with Crippen molar-refractivity contribution >= 4 is 21.6 Å². The van der Waals surface area contributed by atoms with Gasteiger partial charge in [0, 0.05) is 30.8 Å². The first-order chi connectivity index (χ1) is 14.0. The number of hydrogen-bond acceptors (Lipinski definition) is 4. The molecule has 3 rings (SSSR count). The van der Waals surface area contributed by atoms with Crippen molar-refractivity contribution in [3.8, 4) is 11.5 Å². The van der Waals surface area contributed by atoms with Gasteiger partial charge in [-0.3, -0.25) is 4.79 Å². The van der Waals surface area contributed by atoms with Crippen LogP contribution in [0.2, 0.25) is 0 Å². The van der Waals surface area contributed by atoms with Gasteiger partial charge in [-0.25, -0.2) is 12.7 Å². The van der Waals surface area contributed by atoms with E-state index >= 15 is 0 Å². The van der Waals surface area contributed by atoms with Crippen LogP contribution in [0.4, 0.5) is 5.69 Å². The Hall–Kier alpha value is -2.38. The number of benzene rings is 2. The van der Waals surface area contributed by atoms with Crippen molar-refractivity contribution in [1.29, 1.82) is 0 Å². The van der Waals surface area contributed by atoms with Gasteiger partial charge in [0.25, 0.3) is 0 Å². The molecule has 6 nitrogen and oxygen atoms in total. The molecule has 1 aliphatic heterocycles. The summed E-state index contributed by atoms with van der Waals surface area (Å²) in [4.78, 5) is 12.6. The number of piperidine rings is 1. The van der Waals surface area contributed by atoms with Crippen LogP contribution in [0, 0.1) is 5.92 Å². The van der Waals surface area contributed by atoms with Crippen LogP contribution in [0.1, 0.15) is 32.6 Å². The molecule has 0 unspecified atom stereocenters. The standard InChI is InChI=1S/C22H28N2O4S/c1-2-3-16-29(26,27)24-14-12-18(13-15-24)22(25)23-19-8-7-11-21(17-19)28-20-9-5-4-6-10-20/h4-11,17-18H,2-3,12-16H2,1H3,(H,23,25). The van der Waals surface area contributed by atoms with Crippen LogP contribution < -0.4 is 10.1 Å². The van der Waals surface area contributed by atoms with E-state index < -0.39 is 10.0 Å². The SMILES string of the molecule is CCCCS(=O)(=O)N1CCC(C(=O)Nc2cccc(Oc3ccccc3)c2)CC1. The highest BCUT2D eigenvalue weighted by molar-refractivity contribution is 7.89. The first kappa shape index (κ1) is 21.3. The van der Waals surface area contributed by atoms with Gasteiger partial charge in [0.1, 0.15) is 11.5 Å². The predicted molar refractivity (Wildman–Crippen MR) is 115 cm³/mol. The van der Waals surface area contributed by atoms with Crippen molar-refractivity contribution in [2.24, 2.45) is 5.92 Å². The number of rotatable bonds is 8. The second-order valence-corrected chi connectivity index (χ2v) is 9.36. The molecule has 1 N–H and O–H groups in total. The molecule has 0 bridgehead atoms. The summed E-state index contributed by atoms with van der Waals surface area (Å²) >= 11 is 0. The Labute approximate surface area is 172 Å². The Kier molecular flexibility index (Phi) is 7.28. The molecule has 0 radical (unpaired) electrons. The van der Waals surface area contributed by atoms with Crippen molar-refractivity contribution in [2.75, 3.05) is 24.2 Å². The first-order valence-corrected chi connectivity index (χ1v) is 11.7. The minimum absolute atomic E-state index is 0.0764. The van der Waals surface area contributed by atoms with E-state index in [0.717, 1.165) is 12.2 Å². The normalized spacial score (nSPS) is 15.8. The summed E-state index contributed by atoms with van der Waals surface area (Å²) in [5.74, 6) is 1.30. The number of hydrogen-bond donors (Lipinski definition) is 1. The van der Waals surface area contributed by atoms with Crippen molar-refractivity contribution < 1.29 is 17.9 Å². The van der Waals surface area contributed by atoms with E-state index in [0.29, 0.717) is 43.8 Å².